The van der Waals surface area contributed by atoms with Gasteiger partial charge in [0.15, 0.2) is 0 Å². The van der Waals surface area contributed by atoms with Crippen molar-refractivity contribution in [3.8, 4) is 0 Å². The Kier molecular flexibility index (Phi) is 4.19. The van der Waals surface area contributed by atoms with Crippen LogP contribution in [0.5, 0.6) is 0 Å². The lowest BCUT2D eigenvalue weighted by Gasteiger charge is -2.19. The van der Waals surface area contributed by atoms with E-state index in [-0.39, 0.29) is 0 Å². The van der Waals surface area contributed by atoms with E-state index in [1.807, 2.05) is 30.5 Å². The predicted octanol–water partition coefficient (Wildman–Crippen LogP) is 1.18. The fourth-order valence-electron chi connectivity index (χ4n) is 2.10. The van der Waals surface area contributed by atoms with Gasteiger partial charge in [-0.2, -0.15) is 0 Å². The van der Waals surface area contributed by atoms with Crippen LogP contribution < -0.4 is 5.32 Å². The number of rotatable bonds is 5. The zero-order chi connectivity index (χ0) is 13.8. The lowest BCUT2D eigenvalue weighted by atomic mass is 10.1. The maximum atomic E-state index is 11.5. The van der Waals surface area contributed by atoms with Gasteiger partial charge in [0.1, 0.15) is 6.04 Å². The van der Waals surface area contributed by atoms with Crippen LogP contribution in [0, 0.1) is 0 Å². The minimum atomic E-state index is -0.808. The molecule has 0 aliphatic carbocycles. The van der Waals surface area contributed by atoms with E-state index in [4.69, 9.17) is 0 Å². The number of esters is 1. The number of aliphatic hydroxyl groups excluding tert-OH is 1. The summed E-state index contributed by atoms with van der Waals surface area (Å²) in [7, 11) is 1.31. The Morgan fingerprint density at radius 2 is 2.26 bits per heavy atom. The highest BCUT2D eigenvalue weighted by Crippen LogP contribution is 2.17. The first-order valence-electron chi connectivity index (χ1n) is 6.17. The smallest absolute Gasteiger partial charge is 0.325 e. The van der Waals surface area contributed by atoms with Gasteiger partial charge in [0.2, 0.25) is 0 Å². The number of H-pyrrole nitrogens is 1. The van der Waals surface area contributed by atoms with Crippen LogP contribution in [-0.4, -0.2) is 35.3 Å². The number of hydrogen-bond acceptors (Lipinski definition) is 4. The van der Waals surface area contributed by atoms with Gasteiger partial charge < -0.3 is 14.8 Å². The highest BCUT2D eigenvalue weighted by Gasteiger charge is 2.23. The van der Waals surface area contributed by atoms with Crippen molar-refractivity contribution in [2.45, 2.75) is 25.6 Å². The number of aliphatic hydroxyl groups is 1. The lowest BCUT2D eigenvalue weighted by Crippen LogP contribution is -2.45. The topological polar surface area (TPSA) is 74.3 Å². The van der Waals surface area contributed by atoms with Crippen molar-refractivity contribution >= 4 is 16.9 Å². The van der Waals surface area contributed by atoms with Gasteiger partial charge in [-0.05, 0) is 24.6 Å². The molecule has 1 aromatic carbocycles. The molecule has 0 saturated heterocycles. The van der Waals surface area contributed by atoms with Crippen molar-refractivity contribution in [3.63, 3.8) is 0 Å². The van der Waals surface area contributed by atoms with Crippen molar-refractivity contribution in [2.75, 3.05) is 7.11 Å². The summed E-state index contributed by atoms with van der Waals surface area (Å²) in [5.74, 6) is -0.462. The molecule has 0 fully saturated rings. The largest absolute Gasteiger partial charge is 0.468 e. The van der Waals surface area contributed by atoms with Gasteiger partial charge in [0, 0.05) is 23.6 Å². The molecule has 2 rings (SSSR count). The minimum Gasteiger partial charge on any atom is -0.468 e. The van der Waals surface area contributed by atoms with E-state index in [0.29, 0.717) is 6.54 Å². The van der Waals surface area contributed by atoms with Crippen molar-refractivity contribution < 1.29 is 14.6 Å². The molecule has 1 aromatic heterocycles. The van der Waals surface area contributed by atoms with Gasteiger partial charge in [0.25, 0.3) is 0 Å². The molecule has 0 spiro atoms. The predicted molar refractivity (Wildman–Crippen MR) is 72.6 cm³/mol. The average molecular weight is 262 g/mol. The molecule has 5 nitrogen and oxygen atoms in total. The first-order valence-corrected chi connectivity index (χ1v) is 6.17. The number of methoxy groups -OCH3 is 1. The van der Waals surface area contributed by atoms with Crippen molar-refractivity contribution in [2.24, 2.45) is 0 Å². The van der Waals surface area contributed by atoms with Crippen LogP contribution in [0.4, 0.5) is 0 Å². The summed E-state index contributed by atoms with van der Waals surface area (Å²) in [6, 6.07) is 7.19. The molecule has 3 N–H and O–H groups in total. The molecule has 0 amide bonds. The van der Waals surface area contributed by atoms with E-state index in [2.05, 4.69) is 15.0 Å². The molecule has 0 saturated carbocycles. The molecule has 0 bridgehead atoms. The summed E-state index contributed by atoms with van der Waals surface area (Å²) < 4.78 is 4.67. The Balaban J connectivity index is 2.12. The first kappa shape index (κ1) is 13.6. The number of carbonyl (C=O) groups excluding carboxylic acids is 1. The van der Waals surface area contributed by atoms with E-state index < -0.39 is 18.1 Å². The first-order chi connectivity index (χ1) is 9.13. The van der Waals surface area contributed by atoms with Crippen LogP contribution in [0.15, 0.2) is 30.5 Å². The van der Waals surface area contributed by atoms with E-state index in [0.717, 1.165) is 16.5 Å². The molecule has 2 aromatic rings. The fourth-order valence-corrected chi connectivity index (χ4v) is 2.10. The fraction of sp³-hybridized carbons (Fsp3) is 0.357. The summed E-state index contributed by atoms with van der Waals surface area (Å²) >= 11 is 0. The van der Waals surface area contributed by atoms with Gasteiger partial charge in [0.05, 0.1) is 13.2 Å². The average Bonchev–Trinajstić information content (AvgIpc) is 2.87. The van der Waals surface area contributed by atoms with Crippen LogP contribution >= 0.6 is 0 Å². The van der Waals surface area contributed by atoms with Gasteiger partial charge >= 0.3 is 5.97 Å². The van der Waals surface area contributed by atoms with Crippen molar-refractivity contribution in [3.05, 3.63) is 36.0 Å². The zero-order valence-corrected chi connectivity index (χ0v) is 11.0. The lowest BCUT2D eigenvalue weighted by molar-refractivity contribution is -0.145. The minimum absolute atomic E-state index is 0.462. The van der Waals surface area contributed by atoms with Crippen LogP contribution in [0.1, 0.15) is 12.5 Å². The number of aromatic amines is 1. The summed E-state index contributed by atoms with van der Waals surface area (Å²) in [4.78, 5) is 14.7. The molecule has 1 heterocycles. The number of aromatic nitrogens is 1. The molecule has 2 atom stereocenters. The summed E-state index contributed by atoms with van der Waals surface area (Å²) in [6.07, 6.45) is 1.07. The molecular formula is C14H18N2O3. The Morgan fingerprint density at radius 1 is 1.47 bits per heavy atom. The van der Waals surface area contributed by atoms with E-state index in [1.54, 1.807) is 6.92 Å². The molecule has 0 aliphatic heterocycles. The number of ether oxygens (including phenoxy) is 1. The number of nitrogens with one attached hydrogen (secondary N) is 2. The Morgan fingerprint density at radius 3 is 2.95 bits per heavy atom. The molecule has 102 valence electrons. The molecule has 0 aliphatic rings. The van der Waals surface area contributed by atoms with Gasteiger partial charge in [-0.3, -0.25) is 10.1 Å². The third-order valence-corrected chi connectivity index (χ3v) is 3.14. The van der Waals surface area contributed by atoms with Gasteiger partial charge in [-0.15, -0.1) is 0 Å². The third kappa shape index (κ3) is 2.94. The highest BCUT2D eigenvalue weighted by molar-refractivity contribution is 5.83. The summed E-state index contributed by atoms with van der Waals surface area (Å²) in [5, 5.41) is 13.7. The van der Waals surface area contributed by atoms with Crippen LogP contribution in [-0.2, 0) is 16.1 Å². The molecule has 0 unspecified atom stereocenters. The summed E-state index contributed by atoms with van der Waals surface area (Å²) in [5.41, 5.74) is 2.11. The summed E-state index contributed by atoms with van der Waals surface area (Å²) in [6.45, 7) is 2.05. The Bertz CT molecular complexity index is 563. The Labute approximate surface area is 111 Å². The van der Waals surface area contributed by atoms with Gasteiger partial charge in [-0.1, -0.05) is 12.1 Å². The maximum absolute atomic E-state index is 11.5. The monoisotopic (exact) mass is 262 g/mol. The number of fused-ring (bicyclic) bond motifs is 1. The number of benzene rings is 1. The molecule has 19 heavy (non-hydrogen) atoms. The van der Waals surface area contributed by atoms with Crippen LogP contribution in [0.2, 0.25) is 0 Å². The maximum Gasteiger partial charge on any atom is 0.325 e. The number of carbonyl (C=O) groups is 1. The highest BCUT2D eigenvalue weighted by atomic mass is 16.5. The van der Waals surface area contributed by atoms with E-state index in [9.17, 15) is 9.90 Å². The SMILES string of the molecule is COC(=O)[C@@H](NCc1cccc2[nH]ccc12)[C@H](C)O. The third-order valence-electron chi connectivity index (χ3n) is 3.14. The second-order valence-corrected chi connectivity index (χ2v) is 4.48. The van der Waals surface area contributed by atoms with Crippen molar-refractivity contribution in [1.82, 2.24) is 10.3 Å². The van der Waals surface area contributed by atoms with E-state index in [1.165, 1.54) is 7.11 Å². The van der Waals surface area contributed by atoms with Crippen LogP contribution in [0.3, 0.4) is 0 Å². The number of hydrogen-bond donors (Lipinski definition) is 3. The second kappa shape index (κ2) is 5.86. The molecule has 0 radical (unpaired) electrons. The molecular weight excluding hydrogens is 244 g/mol. The molecule has 5 heteroatoms. The standard InChI is InChI=1S/C14H18N2O3/c1-9(17)13(14(18)19-2)16-8-10-4-3-5-12-11(10)6-7-15-12/h3-7,9,13,15-17H,8H2,1-2H3/t9-,13-/m0/s1. The zero-order valence-electron chi connectivity index (χ0n) is 11.0. The quantitative estimate of drug-likeness (QED) is 0.707. The van der Waals surface area contributed by atoms with Crippen LogP contribution in [0.25, 0.3) is 10.9 Å². The van der Waals surface area contributed by atoms with Crippen molar-refractivity contribution in [1.29, 1.82) is 0 Å². The Hall–Kier alpha value is -1.85. The second-order valence-electron chi connectivity index (χ2n) is 4.48. The van der Waals surface area contributed by atoms with Gasteiger partial charge in [-0.25, -0.2) is 0 Å². The normalized spacial score (nSPS) is 14.3. The van der Waals surface area contributed by atoms with E-state index >= 15 is 0 Å².